The molecule has 5 nitrogen and oxygen atoms in total. The van der Waals surface area contributed by atoms with Gasteiger partial charge in [-0.05, 0) is 54.6 Å². The number of furan rings is 1. The minimum atomic E-state index is 0.615. The first-order chi connectivity index (χ1) is 25.3. The van der Waals surface area contributed by atoms with E-state index >= 15 is 0 Å². The fraction of sp³-hybridized carbons (Fsp3) is 0. The topological polar surface area (TPSA) is 48.8 Å². The maximum Gasteiger partial charge on any atom is 0.235 e. The lowest BCUT2D eigenvalue weighted by molar-refractivity contribution is 0.669. The maximum atomic E-state index is 6.45. The van der Waals surface area contributed by atoms with Crippen LogP contribution in [0.2, 0.25) is 0 Å². The Hall–Kier alpha value is -6.98. The zero-order valence-electron chi connectivity index (χ0n) is 27.4. The van der Waals surface area contributed by atoms with E-state index in [4.69, 9.17) is 14.4 Å². The first kappa shape index (κ1) is 27.9. The Morgan fingerprint density at radius 3 is 1.71 bits per heavy atom. The summed E-state index contributed by atoms with van der Waals surface area (Å²) in [5.41, 5.74) is 11.0. The van der Waals surface area contributed by atoms with E-state index < -0.39 is 0 Å². The number of para-hydroxylation sites is 3. The average molecular weight is 653 g/mol. The van der Waals surface area contributed by atoms with Crippen molar-refractivity contribution in [3.05, 3.63) is 170 Å². The Morgan fingerprint density at radius 2 is 0.980 bits per heavy atom. The summed E-state index contributed by atoms with van der Waals surface area (Å²) >= 11 is 0. The van der Waals surface area contributed by atoms with E-state index in [-0.39, 0.29) is 0 Å². The van der Waals surface area contributed by atoms with Gasteiger partial charge in [-0.3, -0.25) is 4.57 Å². The molecule has 5 heteroatoms. The lowest BCUT2D eigenvalue weighted by Gasteiger charge is -2.12. The highest BCUT2D eigenvalue weighted by molar-refractivity contribution is 6.29. The fourth-order valence-corrected chi connectivity index (χ4v) is 7.90. The van der Waals surface area contributed by atoms with Gasteiger partial charge in [0.05, 0.1) is 33.5 Å². The highest BCUT2D eigenvalue weighted by Gasteiger charge is 2.23. The molecule has 0 spiro atoms. The molecule has 0 aliphatic heterocycles. The van der Waals surface area contributed by atoms with Gasteiger partial charge >= 0.3 is 0 Å². The number of fused-ring (bicyclic) bond motifs is 10. The quantitative estimate of drug-likeness (QED) is 0.190. The van der Waals surface area contributed by atoms with Crippen LogP contribution in [0.25, 0.3) is 99.7 Å². The molecule has 0 aliphatic rings. The van der Waals surface area contributed by atoms with Crippen molar-refractivity contribution in [3.63, 3.8) is 0 Å². The van der Waals surface area contributed by atoms with Gasteiger partial charge in [0, 0.05) is 49.1 Å². The zero-order valence-corrected chi connectivity index (χ0v) is 27.4. The van der Waals surface area contributed by atoms with Gasteiger partial charge in [-0.25, -0.2) is 9.97 Å². The first-order valence-corrected chi connectivity index (χ1v) is 17.2. The van der Waals surface area contributed by atoms with Crippen LogP contribution >= 0.6 is 0 Å². The molecule has 11 aromatic rings. The van der Waals surface area contributed by atoms with Gasteiger partial charge in [0.15, 0.2) is 0 Å². The number of rotatable bonds is 4. The van der Waals surface area contributed by atoms with E-state index in [1.165, 1.54) is 10.8 Å². The smallest absolute Gasteiger partial charge is 0.235 e. The van der Waals surface area contributed by atoms with Gasteiger partial charge in [-0.1, -0.05) is 115 Å². The van der Waals surface area contributed by atoms with Crippen molar-refractivity contribution in [2.75, 3.05) is 0 Å². The minimum absolute atomic E-state index is 0.615. The van der Waals surface area contributed by atoms with Crippen LogP contribution in [0.5, 0.6) is 0 Å². The van der Waals surface area contributed by atoms with Crippen LogP contribution < -0.4 is 0 Å². The van der Waals surface area contributed by atoms with Gasteiger partial charge in [0.1, 0.15) is 11.2 Å². The van der Waals surface area contributed by atoms with E-state index in [0.717, 1.165) is 83.0 Å². The molecule has 0 saturated carbocycles. The molecule has 0 N–H and O–H groups in total. The molecule has 0 saturated heterocycles. The standard InChI is InChI=1S/C46H28N4O/c1-4-14-29(15-5-1)36-27-37(30-16-6-2-7-17-30)48-46(47-36)50-39-24-25-43-45(33-21-11-13-23-42(33)51-43)44(39)35-26-34-32-20-10-12-22-38(32)49(40(34)28-41(35)50)31-18-8-3-9-19-31/h1-28H. The Kier molecular flexibility index (Phi) is 5.89. The molecule has 238 valence electrons. The molecule has 0 amide bonds. The molecule has 0 unspecified atom stereocenters. The molecule has 51 heavy (non-hydrogen) atoms. The molecular formula is C46H28N4O. The second-order valence-corrected chi connectivity index (χ2v) is 13.0. The van der Waals surface area contributed by atoms with Crippen molar-refractivity contribution in [1.82, 2.24) is 19.1 Å². The van der Waals surface area contributed by atoms with Crippen molar-refractivity contribution < 1.29 is 4.42 Å². The van der Waals surface area contributed by atoms with Crippen LogP contribution in [0.1, 0.15) is 0 Å². The molecule has 0 fully saturated rings. The van der Waals surface area contributed by atoms with Crippen molar-refractivity contribution in [2.24, 2.45) is 0 Å². The summed E-state index contributed by atoms with van der Waals surface area (Å²) in [5.74, 6) is 0.615. The minimum Gasteiger partial charge on any atom is -0.456 e. The van der Waals surface area contributed by atoms with E-state index in [1.54, 1.807) is 0 Å². The fourth-order valence-electron chi connectivity index (χ4n) is 7.90. The predicted octanol–water partition coefficient (Wildman–Crippen LogP) is 11.9. The van der Waals surface area contributed by atoms with Crippen LogP contribution in [-0.2, 0) is 0 Å². The van der Waals surface area contributed by atoms with Crippen LogP contribution in [0.4, 0.5) is 0 Å². The molecular weight excluding hydrogens is 625 g/mol. The summed E-state index contributed by atoms with van der Waals surface area (Å²) in [7, 11) is 0. The zero-order chi connectivity index (χ0) is 33.5. The van der Waals surface area contributed by atoms with Gasteiger partial charge < -0.3 is 8.98 Å². The Labute approximate surface area is 292 Å². The monoisotopic (exact) mass is 652 g/mol. The molecule has 11 rings (SSSR count). The second kappa shape index (κ2) is 10.8. The maximum absolute atomic E-state index is 6.45. The summed E-state index contributed by atoms with van der Waals surface area (Å²) in [4.78, 5) is 10.7. The van der Waals surface area contributed by atoms with Crippen molar-refractivity contribution in [2.45, 2.75) is 0 Å². The van der Waals surface area contributed by atoms with E-state index in [9.17, 15) is 0 Å². The highest BCUT2D eigenvalue weighted by atomic mass is 16.3. The van der Waals surface area contributed by atoms with Crippen LogP contribution in [0, 0.1) is 0 Å². The summed E-state index contributed by atoms with van der Waals surface area (Å²) in [6.07, 6.45) is 0. The van der Waals surface area contributed by atoms with E-state index in [1.807, 2.05) is 24.3 Å². The lowest BCUT2D eigenvalue weighted by Crippen LogP contribution is -2.04. The molecule has 0 aliphatic carbocycles. The van der Waals surface area contributed by atoms with Crippen LogP contribution in [0.3, 0.4) is 0 Å². The third-order valence-electron chi connectivity index (χ3n) is 10.1. The summed E-state index contributed by atoms with van der Waals surface area (Å²) in [6.45, 7) is 0. The van der Waals surface area contributed by atoms with E-state index in [0.29, 0.717) is 5.95 Å². The molecule has 0 atom stereocenters. The molecule has 0 bridgehead atoms. The Balaban J connectivity index is 1.34. The second-order valence-electron chi connectivity index (χ2n) is 13.0. The first-order valence-electron chi connectivity index (χ1n) is 17.2. The lowest BCUT2D eigenvalue weighted by atomic mass is 10.0. The molecule has 0 radical (unpaired) electrons. The van der Waals surface area contributed by atoms with Crippen molar-refractivity contribution in [1.29, 1.82) is 0 Å². The van der Waals surface area contributed by atoms with Crippen molar-refractivity contribution >= 4 is 65.6 Å². The number of benzene rings is 7. The van der Waals surface area contributed by atoms with Crippen molar-refractivity contribution in [3.8, 4) is 34.2 Å². The van der Waals surface area contributed by atoms with Gasteiger partial charge in [-0.2, -0.15) is 0 Å². The number of aromatic nitrogens is 4. The van der Waals surface area contributed by atoms with Crippen LogP contribution in [-0.4, -0.2) is 19.1 Å². The Bertz CT molecular complexity index is 3060. The Morgan fingerprint density at radius 1 is 0.373 bits per heavy atom. The third kappa shape index (κ3) is 4.15. The summed E-state index contributed by atoms with van der Waals surface area (Å²) in [5, 5.41) is 6.83. The van der Waals surface area contributed by atoms with Crippen LogP contribution in [0.15, 0.2) is 174 Å². The summed E-state index contributed by atoms with van der Waals surface area (Å²) in [6, 6.07) is 59.3. The highest BCUT2D eigenvalue weighted by Crippen LogP contribution is 2.44. The van der Waals surface area contributed by atoms with E-state index in [2.05, 4.69) is 155 Å². The number of nitrogens with zero attached hydrogens (tertiary/aromatic N) is 4. The third-order valence-corrected chi connectivity index (χ3v) is 10.1. The normalized spacial score (nSPS) is 11.9. The number of hydrogen-bond donors (Lipinski definition) is 0. The van der Waals surface area contributed by atoms with Gasteiger partial charge in [-0.15, -0.1) is 0 Å². The van der Waals surface area contributed by atoms with Gasteiger partial charge in [0.2, 0.25) is 5.95 Å². The molecule has 4 aromatic heterocycles. The largest absolute Gasteiger partial charge is 0.456 e. The summed E-state index contributed by atoms with van der Waals surface area (Å²) < 4.78 is 11.1. The SMILES string of the molecule is c1ccc(-c2cc(-c3ccccc3)nc(-n3c4cc5c(cc4c4c6c(ccc43)oc3ccccc36)c3ccccc3n5-c3ccccc3)n2)cc1. The molecule has 4 heterocycles. The predicted molar refractivity (Wildman–Crippen MR) is 209 cm³/mol. The average Bonchev–Trinajstić information content (AvgIpc) is 3.85. The van der Waals surface area contributed by atoms with Gasteiger partial charge in [0.25, 0.3) is 0 Å². The molecule has 7 aromatic carbocycles. The number of hydrogen-bond acceptors (Lipinski definition) is 3.